The number of carbonyl (C=O) groups is 1. The van der Waals surface area contributed by atoms with Crippen molar-refractivity contribution in [1.29, 1.82) is 0 Å². The van der Waals surface area contributed by atoms with Crippen LogP contribution in [-0.2, 0) is 0 Å². The highest BCUT2D eigenvalue weighted by Crippen LogP contribution is 2.27. The molecule has 8 nitrogen and oxygen atoms in total. The quantitative estimate of drug-likeness (QED) is 0.436. The molecule has 5 N–H and O–H groups in total. The summed E-state index contributed by atoms with van der Waals surface area (Å²) in [4.78, 5) is 21.9. The van der Waals surface area contributed by atoms with Gasteiger partial charge in [-0.25, -0.2) is 4.98 Å². The van der Waals surface area contributed by atoms with Crippen molar-refractivity contribution in [3.05, 3.63) is 51.8 Å². The summed E-state index contributed by atoms with van der Waals surface area (Å²) in [6.07, 6.45) is 7.49. The Hall–Kier alpha value is -2.46. The number of aryl methyl sites for hydroxylation is 1. The molecule has 2 aliphatic heterocycles. The van der Waals surface area contributed by atoms with E-state index in [1.54, 1.807) is 18.6 Å². The highest BCUT2D eigenvalue weighted by atomic mass is 35.5. The lowest BCUT2D eigenvalue weighted by atomic mass is 9.98. The number of amides is 1. The van der Waals surface area contributed by atoms with Gasteiger partial charge < -0.3 is 21.3 Å². The van der Waals surface area contributed by atoms with E-state index in [1.807, 2.05) is 25.1 Å². The van der Waals surface area contributed by atoms with E-state index in [2.05, 4.69) is 36.6 Å². The number of aromatic nitrogens is 1. The first kappa shape index (κ1) is 21.8. The molecule has 1 saturated heterocycles. The normalized spacial score (nSPS) is 18.9. The lowest BCUT2D eigenvalue weighted by molar-refractivity contribution is 0.103. The number of rotatable bonds is 7. The van der Waals surface area contributed by atoms with Crippen LogP contribution in [0.15, 0.2) is 41.3 Å². The highest BCUT2D eigenvalue weighted by molar-refractivity contribution is 7.17. The number of anilines is 2. The van der Waals surface area contributed by atoms with Crippen LogP contribution in [0.3, 0.4) is 0 Å². The van der Waals surface area contributed by atoms with Crippen molar-refractivity contribution < 1.29 is 4.79 Å². The maximum atomic E-state index is 12.6. The third-order valence-corrected chi connectivity index (χ3v) is 6.51. The van der Waals surface area contributed by atoms with Crippen molar-refractivity contribution in [3.63, 3.8) is 0 Å². The van der Waals surface area contributed by atoms with Gasteiger partial charge in [0.1, 0.15) is 16.9 Å². The van der Waals surface area contributed by atoms with Crippen LogP contribution in [0.1, 0.15) is 28.1 Å². The number of halogens is 1. The maximum Gasteiger partial charge on any atom is 0.267 e. The number of aliphatic imine (C=N–C) groups is 1. The fourth-order valence-corrected chi connectivity index (χ4v) is 4.51. The zero-order chi connectivity index (χ0) is 21.6. The van der Waals surface area contributed by atoms with Gasteiger partial charge in [0.2, 0.25) is 0 Å². The Morgan fingerprint density at radius 3 is 2.97 bits per heavy atom. The topological polar surface area (TPSA) is 102 Å². The Morgan fingerprint density at radius 1 is 1.32 bits per heavy atom. The fourth-order valence-electron chi connectivity index (χ4n) is 3.52. The van der Waals surface area contributed by atoms with E-state index in [9.17, 15) is 4.79 Å². The van der Waals surface area contributed by atoms with Gasteiger partial charge in [-0.05, 0) is 56.5 Å². The van der Waals surface area contributed by atoms with Crippen molar-refractivity contribution in [2.24, 2.45) is 10.9 Å². The van der Waals surface area contributed by atoms with Gasteiger partial charge in [0, 0.05) is 6.54 Å². The number of thiazole rings is 1. The summed E-state index contributed by atoms with van der Waals surface area (Å²) >= 11 is 7.48. The largest absolute Gasteiger partial charge is 0.333 e. The first-order valence-corrected chi connectivity index (χ1v) is 11.5. The minimum atomic E-state index is -0.240. The smallest absolute Gasteiger partial charge is 0.267 e. The number of benzene rings is 1. The van der Waals surface area contributed by atoms with E-state index >= 15 is 0 Å². The van der Waals surface area contributed by atoms with E-state index in [1.165, 1.54) is 24.2 Å². The molecule has 4 rings (SSSR count). The molecular formula is C21H26ClN7OS. The fraction of sp³-hybridized carbons (Fsp3) is 0.381. The minimum Gasteiger partial charge on any atom is -0.333 e. The molecule has 10 heteroatoms. The third kappa shape index (κ3) is 5.82. The number of nitrogens with one attached hydrogen (secondary N) is 5. The zero-order valence-electron chi connectivity index (χ0n) is 17.2. The Kier molecular flexibility index (Phi) is 7.18. The first-order valence-electron chi connectivity index (χ1n) is 10.3. The molecule has 1 aromatic heterocycles. The lowest BCUT2D eigenvalue weighted by Crippen LogP contribution is -2.39. The Bertz CT molecular complexity index is 964. The molecule has 1 aromatic carbocycles. The molecule has 0 bridgehead atoms. The molecule has 1 fully saturated rings. The summed E-state index contributed by atoms with van der Waals surface area (Å²) in [5, 5.41) is 17.2. The van der Waals surface area contributed by atoms with Crippen molar-refractivity contribution >= 4 is 46.0 Å². The molecule has 0 radical (unpaired) electrons. The molecule has 0 aliphatic carbocycles. The molecule has 1 unspecified atom stereocenters. The van der Waals surface area contributed by atoms with Crippen LogP contribution in [0, 0.1) is 12.8 Å². The van der Waals surface area contributed by atoms with E-state index < -0.39 is 0 Å². The van der Waals surface area contributed by atoms with Gasteiger partial charge in [-0.1, -0.05) is 35.1 Å². The molecular weight excluding hydrogens is 434 g/mol. The SMILES string of the molecule is Cc1cccc(Cl)c1NC(=O)c1cnc(NC2=CC(NCC3CCNCC3)N=CN2)s1. The van der Waals surface area contributed by atoms with Crippen LogP contribution in [0.4, 0.5) is 10.8 Å². The van der Waals surface area contributed by atoms with Crippen molar-refractivity contribution in [2.45, 2.75) is 25.9 Å². The van der Waals surface area contributed by atoms with Gasteiger partial charge in [0.15, 0.2) is 5.13 Å². The van der Waals surface area contributed by atoms with Crippen molar-refractivity contribution in [1.82, 2.24) is 20.9 Å². The van der Waals surface area contributed by atoms with E-state index in [0.29, 0.717) is 26.6 Å². The number of carbonyl (C=O) groups excluding carboxylic acids is 1. The average molecular weight is 460 g/mol. The van der Waals surface area contributed by atoms with E-state index in [4.69, 9.17) is 11.6 Å². The van der Waals surface area contributed by atoms with Crippen molar-refractivity contribution in [3.8, 4) is 0 Å². The first-order chi connectivity index (χ1) is 15.1. The van der Waals surface area contributed by atoms with Crippen LogP contribution in [-0.4, -0.2) is 43.0 Å². The summed E-state index contributed by atoms with van der Waals surface area (Å²) in [5.74, 6) is 1.22. The summed E-state index contributed by atoms with van der Waals surface area (Å²) in [7, 11) is 0. The maximum absolute atomic E-state index is 12.6. The van der Waals surface area contributed by atoms with Crippen LogP contribution in [0.25, 0.3) is 0 Å². The van der Waals surface area contributed by atoms with Gasteiger partial charge in [-0.15, -0.1) is 0 Å². The molecule has 1 amide bonds. The number of piperidine rings is 1. The zero-order valence-corrected chi connectivity index (χ0v) is 18.8. The lowest BCUT2D eigenvalue weighted by Gasteiger charge is -2.25. The van der Waals surface area contributed by atoms with Gasteiger partial charge in [-0.3, -0.25) is 15.1 Å². The Labute approximate surface area is 190 Å². The minimum absolute atomic E-state index is 0.0930. The number of para-hydroxylation sites is 1. The summed E-state index contributed by atoms with van der Waals surface area (Å²) < 4.78 is 0. The number of hydrogen-bond donors (Lipinski definition) is 5. The van der Waals surface area contributed by atoms with Gasteiger partial charge in [0.25, 0.3) is 5.91 Å². The third-order valence-electron chi connectivity index (χ3n) is 5.29. The second kappa shape index (κ2) is 10.2. The Balaban J connectivity index is 1.33. The summed E-state index contributed by atoms with van der Waals surface area (Å²) in [6.45, 7) is 5.01. The molecule has 1 atom stereocenters. The number of nitrogens with zero attached hydrogens (tertiary/aromatic N) is 2. The Morgan fingerprint density at radius 2 is 2.16 bits per heavy atom. The molecule has 0 saturated carbocycles. The van der Waals surface area contributed by atoms with Crippen LogP contribution >= 0.6 is 22.9 Å². The predicted octanol–water partition coefficient (Wildman–Crippen LogP) is 3.16. The number of hydrogen-bond acceptors (Lipinski definition) is 8. The second-order valence-corrected chi connectivity index (χ2v) is 9.03. The van der Waals surface area contributed by atoms with Gasteiger partial charge >= 0.3 is 0 Å². The van der Waals surface area contributed by atoms with Crippen molar-refractivity contribution in [2.75, 3.05) is 30.3 Å². The van der Waals surface area contributed by atoms with E-state index in [-0.39, 0.29) is 12.1 Å². The standard InChI is InChI=1S/C21H26ClN7OS/c1-13-3-2-4-15(22)19(13)29-20(30)16-11-25-21(31-16)28-18-9-17(26-12-27-18)24-10-14-5-7-23-8-6-14/h2-4,9,11-12,14,17,23-24H,5-8,10H2,1H3,(H,25,28)(H,26,27)(H,29,30). The van der Waals surface area contributed by atoms with Crippen LogP contribution in [0.5, 0.6) is 0 Å². The monoisotopic (exact) mass is 459 g/mol. The summed E-state index contributed by atoms with van der Waals surface area (Å²) in [6, 6.07) is 5.51. The predicted molar refractivity (Wildman–Crippen MR) is 127 cm³/mol. The van der Waals surface area contributed by atoms with Gasteiger partial charge in [-0.2, -0.15) is 0 Å². The molecule has 3 heterocycles. The summed E-state index contributed by atoms with van der Waals surface area (Å²) in [5.41, 5.74) is 1.52. The van der Waals surface area contributed by atoms with E-state index in [0.717, 1.165) is 31.0 Å². The average Bonchev–Trinajstić information content (AvgIpc) is 3.24. The molecule has 2 aliphatic rings. The van der Waals surface area contributed by atoms with Crippen LogP contribution in [0.2, 0.25) is 5.02 Å². The molecule has 2 aromatic rings. The molecule has 31 heavy (non-hydrogen) atoms. The molecule has 0 spiro atoms. The second-order valence-electron chi connectivity index (χ2n) is 7.59. The van der Waals surface area contributed by atoms with Gasteiger partial charge in [0.05, 0.1) is 23.2 Å². The molecule has 164 valence electrons. The van der Waals surface area contributed by atoms with Crippen LogP contribution < -0.4 is 26.6 Å². The highest BCUT2D eigenvalue weighted by Gasteiger charge is 2.17.